The number of carbonyl (C=O) groups is 1. The fraction of sp³-hybridized carbons (Fsp3) is 0.909. The van der Waals surface area contributed by atoms with E-state index in [1.807, 2.05) is 0 Å². The smallest absolute Gasteiger partial charge is 0.310 e. The van der Waals surface area contributed by atoms with E-state index < -0.39 is 0 Å². The molecule has 1 fully saturated rings. The predicted molar refractivity (Wildman–Crippen MR) is 57.4 cm³/mol. The first-order valence-electron chi connectivity index (χ1n) is 5.67. The second-order valence-corrected chi connectivity index (χ2v) is 4.07. The zero-order valence-corrected chi connectivity index (χ0v) is 9.41. The van der Waals surface area contributed by atoms with Gasteiger partial charge in [-0.2, -0.15) is 0 Å². The Morgan fingerprint density at radius 2 is 2.00 bits per heavy atom. The Morgan fingerprint density at radius 3 is 2.73 bits per heavy atom. The minimum Gasteiger partial charge on any atom is -0.463 e. The summed E-state index contributed by atoms with van der Waals surface area (Å²) in [6, 6.07) is -0.0254. The highest BCUT2D eigenvalue weighted by Gasteiger charge is 2.28. The molecule has 15 heavy (non-hydrogen) atoms. The average molecular weight is 215 g/mol. The number of hydrogen-bond donors (Lipinski definition) is 1. The molecule has 1 rings (SSSR count). The van der Waals surface area contributed by atoms with E-state index >= 15 is 0 Å². The largest absolute Gasteiger partial charge is 0.463 e. The van der Waals surface area contributed by atoms with Gasteiger partial charge in [-0.1, -0.05) is 19.3 Å². The molecule has 88 valence electrons. The van der Waals surface area contributed by atoms with Crippen LogP contribution in [-0.4, -0.2) is 32.3 Å². The van der Waals surface area contributed by atoms with Crippen LogP contribution in [0, 0.1) is 5.92 Å². The van der Waals surface area contributed by atoms with Crippen LogP contribution >= 0.6 is 0 Å². The predicted octanol–water partition coefficient (Wildman–Crippen LogP) is 1.08. The van der Waals surface area contributed by atoms with Gasteiger partial charge in [0.25, 0.3) is 0 Å². The molecule has 1 saturated carbocycles. The lowest BCUT2D eigenvalue weighted by Crippen LogP contribution is -2.36. The molecule has 0 aromatic carbocycles. The molecular formula is C11H21NO3. The highest BCUT2D eigenvalue weighted by molar-refractivity contribution is 5.73. The number of methoxy groups -OCH3 is 1. The van der Waals surface area contributed by atoms with E-state index in [0.29, 0.717) is 13.2 Å². The number of esters is 1. The van der Waals surface area contributed by atoms with Crippen molar-refractivity contribution in [1.29, 1.82) is 0 Å². The average Bonchev–Trinajstić information content (AvgIpc) is 2.43. The molecule has 0 aromatic rings. The first-order chi connectivity index (χ1) is 7.25. The SMILES string of the molecule is COCCOC(=O)C1CCCCCC1N. The van der Waals surface area contributed by atoms with Gasteiger partial charge in [-0.25, -0.2) is 0 Å². The molecule has 1 aliphatic rings. The first-order valence-corrected chi connectivity index (χ1v) is 5.67. The zero-order chi connectivity index (χ0) is 11.1. The Kier molecular flexibility index (Phi) is 5.65. The molecule has 0 aliphatic heterocycles. The van der Waals surface area contributed by atoms with Gasteiger partial charge in [0.15, 0.2) is 0 Å². The van der Waals surface area contributed by atoms with Crippen molar-refractivity contribution in [3.8, 4) is 0 Å². The van der Waals surface area contributed by atoms with Crippen molar-refractivity contribution >= 4 is 5.97 Å². The Balaban J connectivity index is 2.34. The molecule has 1 aliphatic carbocycles. The van der Waals surface area contributed by atoms with Crippen molar-refractivity contribution < 1.29 is 14.3 Å². The van der Waals surface area contributed by atoms with E-state index in [2.05, 4.69) is 0 Å². The summed E-state index contributed by atoms with van der Waals surface area (Å²) in [5, 5.41) is 0. The summed E-state index contributed by atoms with van der Waals surface area (Å²) >= 11 is 0. The third kappa shape index (κ3) is 4.18. The standard InChI is InChI=1S/C11H21NO3/c1-14-7-8-15-11(13)9-5-3-2-4-6-10(9)12/h9-10H,2-8,12H2,1H3. The van der Waals surface area contributed by atoms with Crippen molar-refractivity contribution in [2.45, 2.75) is 38.1 Å². The second-order valence-electron chi connectivity index (χ2n) is 4.07. The second kappa shape index (κ2) is 6.80. The van der Waals surface area contributed by atoms with Crippen LogP contribution in [0.5, 0.6) is 0 Å². The molecule has 2 atom stereocenters. The molecule has 0 spiro atoms. The van der Waals surface area contributed by atoms with Crippen molar-refractivity contribution in [2.75, 3.05) is 20.3 Å². The minimum absolute atomic E-state index is 0.0254. The van der Waals surface area contributed by atoms with Gasteiger partial charge in [0, 0.05) is 13.2 Å². The molecule has 2 N–H and O–H groups in total. The Bertz CT molecular complexity index is 196. The number of carbonyl (C=O) groups excluding carboxylic acids is 1. The van der Waals surface area contributed by atoms with Crippen molar-refractivity contribution in [2.24, 2.45) is 11.7 Å². The normalized spacial score (nSPS) is 27.1. The fourth-order valence-electron chi connectivity index (χ4n) is 1.96. The molecule has 4 heteroatoms. The van der Waals surface area contributed by atoms with Crippen LogP contribution in [0.3, 0.4) is 0 Å². The van der Waals surface area contributed by atoms with Crippen molar-refractivity contribution in [3.63, 3.8) is 0 Å². The lowest BCUT2D eigenvalue weighted by atomic mass is 9.96. The van der Waals surface area contributed by atoms with Crippen molar-refractivity contribution in [3.05, 3.63) is 0 Å². The topological polar surface area (TPSA) is 61.5 Å². The van der Waals surface area contributed by atoms with Gasteiger partial charge in [0.05, 0.1) is 12.5 Å². The Labute approximate surface area is 91.1 Å². The van der Waals surface area contributed by atoms with Gasteiger partial charge >= 0.3 is 5.97 Å². The minimum atomic E-state index is -0.151. The summed E-state index contributed by atoms with van der Waals surface area (Å²) in [5.41, 5.74) is 5.95. The number of nitrogens with two attached hydrogens (primary N) is 1. The summed E-state index contributed by atoms with van der Waals surface area (Å²) in [6.07, 6.45) is 5.19. The van der Waals surface area contributed by atoms with Gasteiger partial charge in [0.2, 0.25) is 0 Å². The number of hydrogen-bond acceptors (Lipinski definition) is 4. The maximum Gasteiger partial charge on any atom is 0.310 e. The van der Waals surface area contributed by atoms with Gasteiger partial charge in [-0.3, -0.25) is 4.79 Å². The summed E-state index contributed by atoms with van der Waals surface area (Å²) in [6.45, 7) is 0.784. The molecule has 4 nitrogen and oxygen atoms in total. The van der Waals surface area contributed by atoms with E-state index in [-0.39, 0.29) is 17.9 Å². The van der Waals surface area contributed by atoms with Crippen LogP contribution in [0.25, 0.3) is 0 Å². The quantitative estimate of drug-likeness (QED) is 0.433. The van der Waals surface area contributed by atoms with E-state index in [1.165, 1.54) is 6.42 Å². The van der Waals surface area contributed by atoms with Gasteiger partial charge in [-0.05, 0) is 12.8 Å². The van der Waals surface area contributed by atoms with E-state index in [9.17, 15) is 4.79 Å². The van der Waals surface area contributed by atoms with E-state index in [4.69, 9.17) is 15.2 Å². The molecule has 0 heterocycles. The maximum atomic E-state index is 11.7. The molecule has 0 amide bonds. The monoisotopic (exact) mass is 215 g/mol. The molecule has 0 bridgehead atoms. The lowest BCUT2D eigenvalue weighted by Gasteiger charge is -2.19. The van der Waals surface area contributed by atoms with Gasteiger partial charge in [-0.15, -0.1) is 0 Å². The maximum absolute atomic E-state index is 11.7. The Hall–Kier alpha value is -0.610. The van der Waals surface area contributed by atoms with Crippen LogP contribution in [0.4, 0.5) is 0 Å². The Morgan fingerprint density at radius 1 is 1.27 bits per heavy atom. The molecule has 0 aromatic heterocycles. The first kappa shape index (κ1) is 12.5. The third-order valence-electron chi connectivity index (χ3n) is 2.90. The summed E-state index contributed by atoms with van der Waals surface area (Å²) in [5.74, 6) is -0.259. The molecule has 0 radical (unpaired) electrons. The van der Waals surface area contributed by atoms with Gasteiger partial charge in [0.1, 0.15) is 6.61 Å². The molecular weight excluding hydrogens is 194 g/mol. The number of rotatable bonds is 4. The summed E-state index contributed by atoms with van der Waals surface area (Å²) < 4.78 is 9.93. The highest BCUT2D eigenvalue weighted by atomic mass is 16.6. The lowest BCUT2D eigenvalue weighted by molar-refractivity contribution is -0.150. The van der Waals surface area contributed by atoms with E-state index in [0.717, 1.165) is 25.7 Å². The van der Waals surface area contributed by atoms with Crippen LogP contribution in [0.2, 0.25) is 0 Å². The summed E-state index contributed by atoms with van der Waals surface area (Å²) in [4.78, 5) is 11.7. The highest BCUT2D eigenvalue weighted by Crippen LogP contribution is 2.23. The van der Waals surface area contributed by atoms with Crippen LogP contribution in [0.15, 0.2) is 0 Å². The number of ether oxygens (including phenoxy) is 2. The third-order valence-corrected chi connectivity index (χ3v) is 2.90. The van der Waals surface area contributed by atoms with Crippen LogP contribution < -0.4 is 5.73 Å². The summed E-state index contributed by atoms with van der Waals surface area (Å²) in [7, 11) is 1.59. The molecule has 2 unspecified atom stereocenters. The van der Waals surface area contributed by atoms with Gasteiger partial charge < -0.3 is 15.2 Å². The van der Waals surface area contributed by atoms with E-state index in [1.54, 1.807) is 7.11 Å². The van der Waals surface area contributed by atoms with Crippen LogP contribution in [0.1, 0.15) is 32.1 Å². The van der Waals surface area contributed by atoms with Crippen LogP contribution in [-0.2, 0) is 14.3 Å². The molecule has 0 saturated heterocycles. The fourth-order valence-corrected chi connectivity index (χ4v) is 1.96. The van der Waals surface area contributed by atoms with Crippen molar-refractivity contribution in [1.82, 2.24) is 0 Å². The zero-order valence-electron chi connectivity index (χ0n) is 9.41.